The number of halogens is 3. The van der Waals surface area contributed by atoms with E-state index in [4.69, 9.17) is 27.1 Å². The number of benzene rings is 1. The number of thioether (sulfide) groups is 1. The molecule has 5 atom stereocenters. The van der Waals surface area contributed by atoms with E-state index in [2.05, 4.69) is 42.2 Å². The number of primary amides is 1. The molecule has 1 aromatic carbocycles. The van der Waals surface area contributed by atoms with E-state index in [0.29, 0.717) is 12.2 Å². The zero-order chi connectivity index (χ0) is 56.5. The van der Waals surface area contributed by atoms with E-state index in [1.807, 2.05) is 13.8 Å². The minimum absolute atomic E-state index is 0.0199. The van der Waals surface area contributed by atoms with E-state index in [-0.39, 0.29) is 75.1 Å². The highest BCUT2D eigenvalue weighted by molar-refractivity contribution is 7.98. The number of hydrogen-bond acceptors (Lipinski definition) is 16. The molecule has 0 bridgehead atoms. The largest absolute Gasteiger partial charge is 0.490 e. The number of anilines is 1. The number of aliphatic carboxylic acids is 1. The lowest BCUT2D eigenvalue weighted by Gasteiger charge is -2.27. The first kappa shape index (κ1) is 64.5. The summed E-state index contributed by atoms with van der Waals surface area (Å²) in [5, 5.41) is 47.7. The molecule has 74 heavy (non-hydrogen) atoms. The quantitative estimate of drug-likeness (QED) is 0.0152. The highest BCUT2D eigenvalue weighted by atomic mass is 32.2. The van der Waals surface area contributed by atoms with Crippen molar-refractivity contribution in [3.8, 4) is 0 Å². The second-order valence-electron chi connectivity index (χ2n) is 17.3. The first-order valence-electron chi connectivity index (χ1n) is 22.8. The van der Waals surface area contributed by atoms with Gasteiger partial charge in [-0.2, -0.15) is 24.9 Å². The van der Waals surface area contributed by atoms with Crippen molar-refractivity contribution in [1.82, 2.24) is 36.8 Å². The fraction of sp³-hybridized carbons (Fsp3) is 0.619. The molecule has 0 aromatic heterocycles. The number of nitro benzene ring substituents is 2. The third-order valence-corrected chi connectivity index (χ3v) is 11.0. The summed E-state index contributed by atoms with van der Waals surface area (Å²) in [6, 6.07) is -2.60. The van der Waals surface area contributed by atoms with E-state index in [1.54, 1.807) is 20.1 Å². The van der Waals surface area contributed by atoms with Crippen LogP contribution in [0.4, 0.5) is 30.2 Å². The van der Waals surface area contributed by atoms with Crippen LogP contribution in [0.1, 0.15) is 72.6 Å². The number of carboxylic acids is 1. The number of nitrogens with one attached hydrogen (secondary N) is 7. The van der Waals surface area contributed by atoms with Gasteiger partial charge in [0.2, 0.25) is 47.3 Å². The van der Waals surface area contributed by atoms with Gasteiger partial charge in [-0.05, 0) is 74.9 Å². The fourth-order valence-electron chi connectivity index (χ4n) is 6.85. The number of non-ortho nitro benzene ring substituents is 1. The standard InChI is InChI=1S/C40H64N14O12S.C2HF3O2/c1-22(2)16-28(35(41)58)49-33(56)20-46-36(59)26(8-6-13-44-40(42)43)50-38(61)27(12-15-67-5)48-32(55)19-47-37(60)29(17-23(3)4)51-39(62)30-9-7-14-52(30)34(57)21-45-25-11-10-24(53(63)64)18-31(25)54(65)66;3-2(4,5)1(6)7/h10-11,18,22-23,26-30,45H,6-9,12-17,19-21H2,1-5H3,(H2,41,58)(H,46,59)(H,47,60)(H,48,55)(H,49,56)(H,50,61)(H,51,62)(H4,42,43,44);(H,6,7)/t26-,27-,28-,29-,30-;/m0./s1. The van der Waals surface area contributed by atoms with E-state index in [9.17, 15) is 71.8 Å². The second kappa shape index (κ2) is 31.8. The van der Waals surface area contributed by atoms with Crippen LogP contribution in [-0.2, 0) is 43.2 Å². The normalized spacial score (nSPS) is 14.6. The number of nitro groups is 2. The Labute approximate surface area is 426 Å². The molecule has 32 heteroatoms. The van der Waals surface area contributed by atoms with E-state index in [0.717, 1.165) is 18.2 Å². The summed E-state index contributed by atoms with van der Waals surface area (Å²) < 4.78 is 31.7. The average Bonchev–Trinajstić information content (AvgIpc) is 3.81. The number of nitrogens with zero attached hydrogens (tertiary/aromatic N) is 4. The zero-order valence-corrected chi connectivity index (χ0v) is 42.1. The molecule has 1 aliphatic heterocycles. The summed E-state index contributed by atoms with van der Waals surface area (Å²) in [6.45, 7) is 5.94. The van der Waals surface area contributed by atoms with Crippen LogP contribution in [0, 0.1) is 32.1 Å². The molecule has 0 spiro atoms. The van der Waals surface area contributed by atoms with Crippen molar-refractivity contribution in [2.24, 2.45) is 34.0 Å². The summed E-state index contributed by atoms with van der Waals surface area (Å²) in [5.74, 6) is -8.28. The van der Waals surface area contributed by atoms with Gasteiger partial charge in [0.15, 0.2) is 5.96 Å². The number of alkyl halides is 3. The van der Waals surface area contributed by atoms with Crippen molar-refractivity contribution < 1.29 is 71.3 Å². The van der Waals surface area contributed by atoms with Gasteiger partial charge in [0.1, 0.15) is 35.9 Å². The number of carbonyl (C=O) groups excluding carboxylic acids is 8. The molecule has 8 amide bonds. The first-order chi connectivity index (χ1) is 34.5. The highest BCUT2D eigenvalue weighted by Gasteiger charge is 2.39. The Kier molecular flexibility index (Phi) is 27.7. The number of likely N-dealkylation sites (tertiary alicyclic amines) is 1. The highest BCUT2D eigenvalue weighted by Crippen LogP contribution is 2.29. The van der Waals surface area contributed by atoms with Crippen LogP contribution in [0.2, 0.25) is 0 Å². The molecule has 0 radical (unpaired) electrons. The van der Waals surface area contributed by atoms with Crippen molar-refractivity contribution in [3.05, 3.63) is 38.4 Å². The molecule has 0 unspecified atom stereocenters. The third-order valence-electron chi connectivity index (χ3n) is 10.4. The molecule has 0 saturated carbocycles. The molecule has 2 rings (SSSR count). The minimum Gasteiger partial charge on any atom is -0.475 e. The van der Waals surface area contributed by atoms with Crippen molar-refractivity contribution in [2.75, 3.05) is 50.0 Å². The van der Waals surface area contributed by atoms with E-state index in [1.165, 1.54) is 16.7 Å². The maximum atomic E-state index is 13.7. The van der Waals surface area contributed by atoms with Crippen molar-refractivity contribution in [2.45, 2.75) is 109 Å². The Morgan fingerprint density at radius 3 is 1.84 bits per heavy atom. The number of carbonyl (C=O) groups is 9. The van der Waals surface area contributed by atoms with Gasteiger partial charge in [-0.25, -0.2) is 4.79 Å². The minimum atomic E-state index is -5.08. The van der Waals surface area contributed by atoms with Gasteiger partial charge < -0.3 is 64.4 Å². The van der Waals surface area contributed by atoms with Gasteiger partial charge in [-0.3, -0.25) is 63.6 Å². The Morgan fingerprint density at radius 1 is 0.797 bits per heavy atom. The first-order valence-corrected chi connectivity index (χ1v) is 24.2. The van der Waals surface area contributed by atoms with Crippen molar-refractivity contribution in [1.29, 1.82) is 0 Å². The number of guanidine groups is 1. The van der Waals surface area contributed by atoms with Gasteiger partial charge in [-0.15, -0.1) is 0 Å². The summed E-state index contributed by atoms with van der Waals surface area (Å²) in [4.78, 5) is 140. The summed E-state index contributed by atoms with van der Waals surface area (Å²) >= 11 is 1.38. The van der Waals surface area contributed by atoms with Crippen LogP contribution >= 0.6 is 11.8 Å². The Balaban J connectivity index is 0.00000363. The predicted molar refractivity (Wildman–Crippen MR) is 261 cm³/mol. The molecule has 1 aromatic rings. The molecule has 1 heterocycles. The Bertz CT molecular complexity index is 2200. The number of rotatable bonds is 29. The molecule has 14 N–H and O–H groups in total. The van der Waals surface area contributed by atoms with E-state index >= 15 is 0 Å². The Morgan fingerprint density at radius 2 is 1.34 bits per heavy atom. The lowest BCUT2D eigenvalue weighted by Crippen LogP contribution is -2.57. The summed E-state index contributed by atoms with van der Waals surface area (Å²) in [6.07, 6.45) is -1.84. The topological polar surface area (TPSA) is 438 Å². The third kappa shape index (κ3) is 24.3. The Hall–Kier alpha value is -7.54. The number of hydrogen-bond donors (Lipinski definition) is 11. The average molecular weight is 1080 g/mol. The number of aliphatic imine (C=N–C) groups is 1. The molecule has 1 saturated heterocycles. The molecule has 1 aliphatic rings. The van der Waals surface area contributed by atoms with E-state index < -0.39 is 130 Å². The van der Waals surface area contributed by atoms with Crippen LogP contribution in [0.25, 0.3) is 0 Å². The monoisotopic (exact) mass is 1080 g/mol. The van der Waals surface area contributed by atoms with Crippen molar-refractivity contribution >= 4 is 88.0 Å². The predicted octanol–water partition coefficient (Wildman–Crippen LogP) is -0.905. The van der Waals surface area contributed by atoms with Crippen LogP contribution < -0.4 is 54.4 Å². The summed E-state index contributed by atoms with van der Waals surface area (Å²) in [5.41, 5.74) is 15.0. The zero-order valence-electron chi connectivity index (χ0n) is 41.3. The van der Waals surface area contributed by atoms with Crippen LogP contribution in [0.15, 0.2) is 23.2 Å². The van der Waals surface area contributed by atoms with Gasteiger partial charge >= 0.3 is 12.1 Å². The molecule has 414 valence electrons. The van der Waals surface area contributed by atoms with Gasteiger partial charge in [0.05, 0.1) is 35.5 Å². The number of nitrogens with two attached hydrogens (primary N) is 3. The maximum Gasteiger partial charge on any atom is 0.490 e. The molecule has 28 nitrogen and oxygen atoms in total. The van der Waals surface area contributed by atoms with Gasteiger partial charge in [0.25, 0.3) is 11.4 Å². The van der Waals surface area contributed by atoms with Crippen molar-refractivity contribution in [3.63, 3.8) is 0 Å². The molecule has 1 fully saturated rings. The van der Waals surface area contributed by atoms with Crippen LogP contribution in [0.3, 0.4) is 0 Å². The molecular formula is C42H65F3N14O14S. The van der Waals surface area contributed by atoms with Gasteiger partial charge in [0, 0.05) is 19.2 Å². The lowest BCUT2D eigenvalue weighted by molar-refractivity contribution is -0.393. The summed E-state index contributed by atoms with van der Waals surface area (Å²) in [7, 11) is 0. The molecular weight excluding hydrogens is 1010 g/mol. The smallest absolute Gasteiger partial charge is 0.475 e. The maximum absolute atomic E-state index is 13.7. The SMILES string of the molecule is CSCC[C@H](NC(=O)CNC(=O)[C@H](CC(C)C)NC(=O)[C@@H]1CCCN1C(=O)CNc1ccc([N+](=O)[O-])cc1[N+](=O)[O-])C(=O)N[C@@H](CCCN=C(N)N)C(=O)NCC(=O)N[C@@H](CC(C)C)C(N)=O.O=C(O)C(F)(F)F. The lowest BCUT2D eigenvalue weighted by atomic mass is 10.0. The molecule has 0 aliphatic carbocycles. The number of carboxylic acid groups (broad SMARTS) is 1. The number of amides is 8. The van der Waals surface area contributed by atoms with Crippen LogP contribution in [0.5, 0.6) is 0 Å². The van der Waals surface area contributed by atoms with Crippen LogP contribution in [-0.4, -0.2) is 160 Å². The fourth-order valence-corrected chi connectivity index (χ4v) is 7.33. The van der Waals surface area contributed by atoms with Gasteiger partial charge in [-0.1, -0.05) is 27.7 Å². The second-order valence-corrected chi connectivity index (χ2v) is 18.3.